The predicted molar refractivity (Wildman–Crippen MR) is 117 cm³/mol. The molecule has 1 N–H and O–H groups in total. The van der Waals surface area contributed by atoms with Crippen molar-refractivity contribution in [3.63, 3.8) is 0 Å². The van der Waals surface area contributed by atoms with E-state index >= 15 is 0 Å². The summed E-state index contributed by atoms with van der Waals surface area (Å²) in [6.07, 6.45) is 2.37. The Morgan fingerprint density at radius 3 is 2.60 bits per heavy atom. The van der Waals surface area contributed by atoms with Gasteiger partial charge in [-0.3, -0.25) is 9.69 Å². The van der Waals surface area contributed by atoms with Crippen LogP contribution in [-0.2, 0) is 4.74 Å². The van der Waals surface area contributed by atoms with E-state index in [2.05, 4.69) is 26.4 Å². The second kappa shape index (κ2) is 8.53. The molecule has 8 heteroatoms. The number of morpholine rings is 1. The topological polar surface area (TPSA) is 66.9 Å². The first-order chi connectivity index (χ1) is 14.7. The number of hydrogen-bond donors (Lipinski definition) is 1. The largest absolute Gasteiger partial charge is 0.438 e. The Morgan fingerprint density at radius 2 is 1.90 bits per heavy atom. The molecule has 7 nitrogen and oxygen atoms in total. The van der Waals surface area contributed by atoms with Crippen molar-refractivity contribution in [2.75, 3.05) is 44.3 Å². The molecule has 1 aromatic heterocycles. The van der Waals surface area contributed by atoms with Crippen LogP contribution in [0.3, 0.4) is 0 Å². The number of anilines is 1. The van der Waals surface area contributed by atoms with Crippen molar-refractivity contribution in [1.82, 2.24) is 14.6 Å². The Balaban J connectivity index is 1.19. The Morgan fingerprint density at radius 1 is 1.17 bits per heavy atom. The quantitative estimate of drug-likeness (QED) is 0.790. The molecule has 1 aromatic carbocycles. The number of fused-ring (bicyclic) bond motifs is 3. The zero-order valence-electron chi connectivity index (χ0n) is 17.3. The number of nitrogens with one attached hydrogen (secondary N) is 1. The van der Waals surface area contributed by atoms with Gasteiger partial charge in [0.25, 0.3) is 5.91 Å². The second-order valence-electron chi connectivity index (χ2n) is 8.34. The molecule has 2 atom stereocenters. The summed E-state index contributed by atoms with van der Waals surface area (Å²) in [4.78, 5) is 17.5. The third-order valence-corrected chi connectivity index (χ3v) is 7.45. The molecular formula is C22H28N4O3S. The van der Waals surface area contributed by atoms with Gasteiger partial charge in [-0.15, -0.1) is 0 Å². The molecule has 0 radical (unpaired) electrons. The van der Waals surface area contributed by atoms with E-state index in [0.29, 0.717) is 29.2 Å². The molecule has 4 aliphatic rings. The highest BCUT2D eigenvalue weighted by Gasteiger charge is 2.40. The molecule has 0 saturated carbocycles. The summed E-state index contributed by atoms with van der Waals surface area (Å²) in [5.41, 5.74) is 0.665. The van der Waals surface area contributed by atoms with E-state index in [-0.39, 0.29) is 11.9 Å². The maximum atomic E-state index is 12.8. The van der Waals surface area contributed by atoms with E-state index in [9.17, 15) is 4.79 Å². The summed E-state index contributed by atoms with van der Waals surface area (Å²) in [6.45, 7) is 7.80. The minimum atomic E-state index is -0.00425. The maximum absolute atomic E-state index is 12.8. The molecule has 2 aromatic rings. The van der Waals surface area contributed by atoms with E-state index < -0.39 is 0 Å². The van der Waals surface area contributed by atoms with Crippen LogP contribution in [0.25, 0.3) is 0 Å². The Bertz CT molecular complexity index is 871. The number of nitrogens with zero attached hydrogens (tertiary/aromatic N) is 3. The monoisotopic (exact) mass is 428 g/mol. The third-order valence-electron chi connectivity index (χ3n) is 6.61. The fraction of sp³-hybridized carbons (Fsp3) is 0.545. The van der Waals surface area contributed by atoms with Crippen molar-refractivity contribution in [1.29, 1.82) is 0 Å². The number of carbonyl (C=O) groups is 1. The van der Waals surface area contributed by atoms with E-state index in [1.807, 2.05) is 30.3 Å². The van der Waals surface area contributed by atoms with Crippen molar-refractivity contribution >= 4 is 22.4 Å². The molecule has 4 aliphatic heterocycles. The van der Waals surface area contributed by atoms with Gasteiger partial charge in [0.05, 0.1) is 13.2 Å². The first-order valence-corrected chi connectivity index (χ1v) is 11.6. The van der Waals surface area contributed by atoms with Crippen LogP contribution in [0, 0.1) is 5.92 Å². The second-order valence-corrected chi connectivity index (χ2v) is 9.13. The first-order valence-electron chi connectivity index (χ1n) is 10.8. The van der Waals surface area contributed by atoms with Crippen LogP contribution in [0.15, 0.2) is 30.3 Å². The summed E-state index contributed by atoms with van der Waals surface area (Å²) < 4.78 is 15.7. The number of aromatic nitrogens is 1. The van der Waals surface area contributed by atoms with Crippen LogP contribution >= 0.6 is 11.5 Å². The molecule has 6 rings (SSSR count). The van der Waals surface area contributed by atoms with Gasteiger partial charge in [0.2, 0.25) is 5.88 Å². The average Bonchev–Trinajstić information content (AvgIpc) is 3.26. The fourth-order valence-electron chi connectivity index (χ4n) is 4.81. The SMILES string of the molecule is CC1C(NC(=O)c2ccc(Oc3cc(N4CCOCC4)sn3)cc2)C2CCN1CC2. The van der Waals surface area contributed by atoms with Gasteiger partial charge in [-0.25, -0.2) is 0 Å². The van der Waals surface area contributed by atoms with Crippen molar-refractivity contribution in [2.45, 2.75) is 31.8 Å². The molecule has 4 saturated heterocycles. The number of piperidine rings is 3. The van der Waals surface area contributed by atoms with E-state index in [0.717, 1.165) is 44.4 Å². The smallest absolute Gasteiger partial charge is 0.251 e. The molecule has 30 heavy (non-hydrogen) atoms. The number of amides is 1. The highest BCUT2D eigenvalue weighted by atomic mass is 32.1. The molecule has 2 bridgehead atoms. The summed E-state index contributed by atoms with van der Waals surface area (Å²) in [7, 11) is 0. The Kier molecular flexibility index (Phi) is 5.62. The van der Waals surface area contributed by atoms with E-state index in [1.54, 1.807) is 0 Å². The van der Waals surface area contributed by atoms with Crippen LogP contribution in [0.5, 0.6) is 11.6 Å². The summed E-state index contributed by atoms with van der Waals surface area (Å²) in [5, 5.41) is 4.37. The average molecular weight is 429 g/mol. The Hall–Kier alpha value is -2.16. The maximum Gasteiger partial charge on any atom is 0.251 e. The van der Waals surface area contributed by atoms with Gasteiger partial charge in [-0.2, -0.15) is 4.37 Å². The minimum Gasteiger partial charge on any atom is -0.438 e. The number of ether oxygens (including phenoxy) is 2. The molecule has 5 heterocycles. The molecule has 0 spiro atoms. The molecule has 2 unspecified atom stereocenters. The highest BCUT2D eigenvalue weighted by molar-refractivity contribution is 7.10. The molecule has 1 amide bonds. The van der Waals surface area contributed by atoms with Crippen LogP contribution < -0.4 is 15.0 Å². The molecule has 0 aliphatic carbocycles. The van der Waals surface area contributed by atoms with Gasteiger partial charge >= 0.3 is 0 Å². The highest BCUT2D eigenvalue weighted by Crippen LogP contribution is 2.33. The van der Waals surface area contributed by atoms with Crippen molar-refractivity contribution in [3.05, 3.63) is 35.9 Å². The minimum absolute atomic E-state index is 0.00425. The number of hydrogen-bond acceptors (Lipinski definition) is 7. The fourth-order valence-corrected chi connectivity index (χ4v) is 5.53. The third kappa shape index (κ3) is 4.04. The molecular weight excluding hydrogens is 400 g/mol. The zero-order chi connectivity index (χ0) is 20.5. The number of carbonyl (C=O) groups excluding carboxylic acids is 1. The van der Waals surface area contributed by atoms with Crippen molar-refractivity contribution in [2.24, 2.45) is 5.92 Å². The van der Waals surface area contributed by atoms with Crippen molar-refractivity contribution < 1.29 is 14.3 Å². The van der Waals surface area contributed by atoms with Gasteiger partial charge in [0.15, 0.2) is 0 Å². The van der Waals surface area contributed by atoms with Gasteiger partial charge in [-0.05, 0) is 74.6 Å². The van der Waals surface area contributed by atoms with Gasteiger partial charge in [0, 0.05) is 36.8 Å². The zero-order valence-corrected chi connectivity index (χ0v) is 18.1. The molecule has 160 valence electrons. The summed E-state index contributed by atoms with van der Waals surface area (Å²) in [5.74, 6) is 1.86. The van der Waals surface area contributed by atoms with Crippen molar-refractivity contribution in [3.8, 4) is 11.6 Å². The first kappa shape index (κ1) is 19.8. The lowest BCUT2D eigenvalue weighted by Crippen LogP contribution is -2.62. The number of rotatable bonds is 5. The normalized spacial score (nSPS) is 28.4. The van der Waals surface area contributed by atoms with Gasteiger partial charge in [0.1, 0.15) is 10.8 Å². The predicted octanol–water partition coefficient (Wildman–Crippen LogP) is 2.98. The van der Waals surface area contributed by atoms with Crippen LogP contribution in [0.4, 0.5) is 5.00 Å². The van der Waals surface area contributed by atoms with Gasteiger partial charge in [-0.1, -0.05) is 0 Å². The van der Waals surface area contributed by atoms with Crippen LogP contribution in [-0.4, -0.2) is 66.7 Å². The van der Waals surface area contributed by atoms with Crippen LogP contribution in [0.1, 0.15) is 30.1 Å². The van der Waals surface area contributed by atoms with Crippen LogP contribution in [0.2, 0.25) is 0 Å². The van der Waals surface area contributed by atoms with E-state index in [1.165, 1.54) is 24.4 Å². The van der Waals surface area contributed by atoms with Gasteiger partial charge < -0.3 is 19.7 Å². The number of benzene rings is 1. The lowest BCUT2D eigenvalue weighted by Gasteiger charge is -2.49. The Labute approximate surface area is 181 Å². The summed E-state index contributed by atoms with van der Waals surface area (Å²) in [6, 6.07) is 9.94. The molecule has 4 fully saturated rings. The van der Waals surface area contributed by atoms with E-state index in [4.69, 9.17) is 9.47 Å². The lowest BCUT2D eigenvalue weighted by molar-refractivity contribution is 0.0217. The standard InChI is InChI=1S/C22H28N4O3S/c1-15-21(16-6-8-25(15)9-7-16)23-22(27)17-2-4-18(5-3-17)29-19-14-20(30-24-19)26-10-12-28-13-11-26/h2-5,14-16,21H,6-13H2,1H3,(H,23,27). The lowest BCUT2D eigenvalue weighted by atomic mass is 9.79. The summed E-state index contributed by atoms with van der Waals surface area (Å²) >= 11 is 1.44.